The molecule has 0 atom stereocenters. The summed E-state index contributed by atoms with van der Waals surface area (Å²) in [6.07, 6.45) is 5.32. The molecule has 0 saturated heterocycles. The summed E-state index contributed by atoms with van der Waals surface area (Å²) in [5.74, 6) is -0.623. The summed E-state index contributed by atoms with van der Waals surface area (Å²) in [7, 11) is 0. The Labute approximate surface area is 157 Å². The first-order chi connectivity index (χ1) is 12.9. The molecule has 0 unspecified atom stereocenters. The van der Waals surface area contributed by atoms with Crippen LogP contribution in [0.3, 0.4) is 0 Å². The first-order valence-corrected chi connectivity index (χ1v) is 8.07. The molecule has 0 aliphatic heterocycles. The number of carbonyl (C=O) groups is 1. The summed E-state index contributed by atoms with van der Waals surface area (Å²) in [5.41, 5.74) is 8.89. The van der Waals surface area contributed by atoms with Gasteiger partial charge in [0.25, 0.3) is 0 Å². The van der Waals surface area contributed by atoms with Crippen molar-refractivity contribution in [1.82, 2.24) is 0 Å². The molecule has 2 aromatic rings. The summed E-state index contributed by atoms with van der Waals surface area (Å²) in [6.45, 7) is 5.48. The molecule has 0 spiro atoms. The van der Waals surface area contributed by atoms with E-state index in [4.69, 9.17) is 11.0 Å². The van der Waals surface area contributed by atoms with Crippen LogP contribution in [-0.4, -0.2) is 6.03 Å². The van der Waals surface area contributed by atoms with Crippen molar-refractivity contribution in [3.8, 4) is 6.07 Å². The number of carbonyl (C=O) groups excluding carboxylic acids is 1. The molecule has 27 heavy (non-hydrogen) atoms. The lowest BCUT2D eigenvalue weighted by atomic mass is 10.0. The number of urea groups is 1. The molecule has 0 aromatic heterocycles. The lowest BCUT2D eigenvalue weighted by molar-refractivity contribution is 0.262. The highest BCUT2D eigenvalue weighted by Gasteiger charge is 2.08. The highest BCUT2D eigenvalue weighted by atomic mass is 19.1. The van der Waals surface area contributed by atoms with E-state index in [2.05, 4.69) is 17.2 Å². The van der Waals surface area contributed by atoms with Gasteiger partial charge in [-0.25, -0.2) is 9.18 Å². The molecule has 0 aliphatic rings. The molecule has 0 fully saturated rings. The number of benzene rings is 2. The molecular weight excluding hydrogens is 343 g/mol. The lowest BCUT2D eigenvalue weighted by Gasteiger charge is -2.10. The molecule has 4 N–H and O–H groups in total. The molecule has 0 aliphatic carbocycles. The van der Waals surface area contributed by atoms with Crippen LogP contribution in [0.2, 0.25) is 0 Å². The van der Waals surface area contributed by atoms with E-state index >= 15 is 0 Å². The Morgan fingerprint density at radius 2 is 1.93 bits per heavy atom. The van der Waals surface area contributed by atoms with Crippen LogP contribution in [-0.2, 0) is 0 Å². The van der Waals surface area contributed by atoms with Gasteiger partial charge >= 0.3 is 6.03 Å². The first-order valence-electron chi connectivity index (χ1n) is 8.07. The number of hydrogen-bond acceptors (Lipinski definition) is 3. The molecule has 5 nitrogen and oxygen atoms in total. The fourth-order valence-corrected chi connectivity index (χ4v) is 2.32. The zero-order valence-corrected chi connectivity index (χ0v) is 14.8. The van der Waals surface area contributed by atoms with Crippen LogP contribution in [0.1, 0.15) is 18.1 Å². The number of rotatable bonds is 5. The molecule has 0 bridgehead atoms. The minimum atomic E-state index is -0.623. The highest BCUT2D eigenvalue weighted by Crippen LogP contribution is 2.20. The zero-order chi connectivity index (χ0) is 19.8. The average Bonchev–Trinajstić information content (AvgIpc) is 2.63. The summed E-state index contributed by atoms with van der Waals surface area (Å²) < 4.78 is 13.7. The second kappa shape index (κ2) is 9.02. The Bertz CT molecular complexity index is 949. The van der Waals surface area contributed by atoms with Gasteiger partial charge in [-0.15, -0.1) is 0 Å². The van der Waals surface area contributed by atoms with Crippen LogP contribution < -0.4 is 16.4 Å². The van der Waals surface area contributed by atoms with Crippen molar-refractivity contribution in [2.24, 2.45) is 5.73 Å². The highest BCUT2D eigenvalue weighted by molar-refractivity contribution is 6.00. The molecule has 0 radical (unpaired) electrons. The number of allylic oxidation sites excluding steroid dienone is 5. The predicted molar refractivity (Wildman–Crippen MR) is 106 cm³/mol. The van der Waals surface area contributed by atoms with E-state index in [0.29, 0.717) is 11.4 Å². The van der Waals surface area contributed by atoms with Crippen LogP contribution in [0.15, 0.2) is 73.0 Å². The van der Waals surface area contributed by atoms with Gasteiger partial charge in [-0.2, -0.15) is 5.26 Å². The van der Waals surface area contributed by atoms with Crippen molar-refractivity contribution in [2.75, 3.05) is 10.6 Å². The number of nitrogens with zero attached hydrogens (tertiary/aromatic N) is 1. The quantitative estimate of drug-likeness (QED) is 0.669. The van der Waals surface area contributed by atoms with Crippen LogP contribution >= 0.6 is 0 Å². The van der Waals surface area contributed by atoms with Crippen LogP contribution in [0.4, 0.5) is 20.6 Å². The third-order valence-electron chi connectivity index (χ3n) is 3.50. The average molecular weight is 362 g/mol. The van der Waals surface area contributed by atoms with E-state index in [1.54, 1.807) is 25.1 Å². The van der Waals surface area contributed by atoms with Crippen LogP contribution in [0.25, 0.3) is 5.57 Å². The first kappa shape index (κ1) is 19.5. The molecule has 2 amide bonds. The molecule has 0 saturated carbocycles. The van der Waals surface area contributed by atoms with Gasteiger partial charge in [0.2, 0.25) is 0 Å². The van der Waals surface area contributed by atoms with Gasteiger partial charge in [-0.05, 0) is 54.5 Å². The van der Waals surface area contributed by atoms with Crippen molar-refractivity contribution in [1.29, 1.82) is 5.26 Å². The number of halogens is 1. The van der Waals surface area contributed by atoms with Crippen LogP contribution in [0.5, 0.6) is 0 Å². The minimum absolute atomic E-state index is 0.0667. The molecule has 0 heterocycles. The summed E-state index contributed by atoms with van der Waals surface area (Å²) >= 11 is 0. The van der Waals surface area contributed by atoms with E-state index in [0.717, 1.165) is 17.2 Å². The van der Waals surface area contributed by atoms with Gasteiger partial charge < -0.3 is 16.4 Å². The lowest BCUT2D eigenvalue weighted by Crippen LogP contribution is -2.20. The smallest absolute Gasteiger partial charge is 0.323 e. The Hall–Kier alpha value is -3.85. The maximum Gasteiger partial charge on any atom is 0.323 e. The fourth-order valence-electron chi connectivity index (χ4n) is 2.32. The van der Waals surface area contributed by atoms with Crippen molar-refractivity contribution in [2.45, 2.75) is 6.92 Å². The molecule has 2 rings (SSSR count). The van der Waals surface area contributed by atoms with Crippen molar-refractivity contribution in [3.05, 3.63) is 89.9 Å². The topological polar surface area (TPSA) is 90.9 Å². The molecule has 136 valence electrons. The maximum absolute atomic E-state index is 13.7. The standard InChI is InChI=1S/C21H19FN4O/c1-3-4-17(11-14(2)24)16-6-8-18(9-7-16)25-21(27)26-20-12-15(13-23)5-10-19(20)22/h3-12H,1,24H2,2H3,(H2,25,26,27)/b14-11-,17-4+. The van der Waals surface area contributed by atoms with Crippen LogP contribution in [0, 0.1) is 17.1 Å². The second-order valence-corrected chi connectivity index (χ2v) is 5.71. The summed E-state index contributed by atoms with van der Waals surface area (Å²) in [6, 6.07) is 12.1. The predicted octanol–water partition coefficient (Wildman–Crippen LogP) is 4.77. The van der Waals surface area contributed by atoms with Crippen molar-refractivity contribution < 1.29 is 9.18 Å². The Morgan fingerprint density at radius 1 is 1.22 bits per heavy atom. The van der Waals surface area contributed by atoms with E-state index < -0.39 is 11.8 Å². The number of nitrogens with two attached hydrogens (primary N) is 1. The van der Waals surface area contributed by atoms with Gasteiger partial charge in [0.15, 0.2) is 0 Å². The zero-order valence-electron chi connectivity index (χ0n) is 14.8. The maximum atomic E-state index is 13.7. The summed E-state index contributed by atoms with van der Waals surface area (Å²) in [5, 5.41) is 13.9. The number of anilines is 2. The minimum Gasteiger partial charge on any atom is -0.402 e. The Morgan fingerprint density at radius 3 is 2.52 bits per heavy atom. The third kappa shape index (κ3) is 5.58. The number of amides is 2. The molecule has 6 heteroatoms. The van der Waals surface area contributed by atoms with E-state index in [9.17, 15) is 9.18 Å². The van der Waals surface area contributed by atoms with E-state index in [1.165, 1.54) is 12.1 Å². The molecule has 2 aromatic carbocycles. The van der Waals surface area contributed by atoms with Gasteiger partial charge in [0.1, 0.15) is 5.82 Å². The Balaban J connectivity index is 2.11. The largest absolute Gasteiger partial charge is 0.402 e. The second-order valence-electron chi connectivity index (χ2n) is 5.71. The van der Waals surface area contributed by atoms with Gasteiger partial charge in [-0.3, -0.25) is 0 Å². The van der Waals surface area contributed by atoms with Crippen molar-refractivity contribution >= 4 is 23.0 Å². The number of hydrogen-bond donors (Lipinski definition) is 3. The van der Waals surface area contributed by atoms with Gasteiger partial charge in [-0.1, -0.05) is 30.9 Å². The third-order valence-corrected chi connectivity index (χ3v) is 3.50. The normalized spacial score (nSPS) is 11.4. The monoisotopic (exact) mass is 362 g/mol. The number of nitriles is 1. The van der Waals surface area contributed by atoms with Crippen molar-refractivity contribution in [3.63, 3.8) is 0 Å². The SMILES string of the molecule is C=C/C=C(\C=C(\C)N)c1ccc(NC(=O)Nc2cc(C#N)ccc2F)cc1. The van der Waals surface area contributed by atoms with Gasteiger partial charge in [0.05, 0.1) is 17.3 Å². The van der Waals surface area contributed by atoms with Gasteiger partial charge in [0, 0.05) is 11.4 Å². The number of nitrogens with one attached hydrogen (secondary N) is 2. The Kier molecular flexibility index (Phi) is 6.50. The van der Waals surface area contributed by atoms with E-state index in [1.807, 2.05) is 30.4 Å². The molecular formula is C21H19FN4O. The van der Waals surface area contributed by atoms with E-state index in [-0.39, 0.29) is 11.3 Å². The summed E-state index contributed by atoms with van der Waals surface area (Å²) in [4.78, 5) is 12.1. The fraction of sp³-hybridized carbons (Fsp3) is 0.0476.